The van der Waals surface area contributed by atoms with Crippen molar-refractivity contribution in [3.63, 3.8) is 0 Å². The fourth-order valence-corrected chi connectivity index (χ4v) is 3.25. The monoisotopic (exact) mass is 329 g/mol. The molecule has 1 aliphatic heterocycles. The van der Waals surface area contributed by atoms with Crippen molar-refractivity contribution in [1.82, 2.24) is 10.3 Å². The van der Waals surface area contributed by atoms with Gasteiger partial charge in [-0.2, -0.15) is 0 Å². The minimum Gasteiger partial charge on any atom is -0.355 e. The maximum absolute atomic E-state index is 12.2. The van der Waals surface area contributed by atoms with E-state index >= 15 is 0 Å². The van der Waals surface area contributed by atoms with Gasteiger partial charge in [0, 0.05) is 23.9 Å². The number of anilines is 1. The van der Waals surface area contributed by atoms with Crippen molar-refractivity contribution < 1.29 is 9.59 Å². The van der Waals surface area contributed by atoms with Gasteiger partial charge >= 0.3 is 0 Å². The zero-order valence-electron chi connectivity index (χ0n) is 13.2. The molecule has 0 saturated carbocycles. The minimum absolute atomic E-state index is 0.0142. The van der Waals surface area contributed by atoms with Crippen molar-refractivity contribution in [3.05, 3.63) is 34.7 Å². The van der Waals surface area contributed by atoms with Crippen LogP contribution < -0.4 is 10.6 Å². The quantitative estimate of drug-likeness (QED) is 0.909. The third kappa shape index (κ3) is 3.59. The molecule has 0 unspecified atom stereocenters. The molecule has 0 bridgehead atoms. The lowest BCUT2D eigenvalue weighted by Gasteiger charge is -2.20. The summed E-state index contributed by atoms with van der Waals surface area (Å²) in [5.41, 5.74) is 4.39. The molecular weight excluding hydrogens is 310 g/mol. The van der Waals surface area contributed by atoms with Gasteiger partial charge < -0.3 is 10.6 Å². The molecule has 1 saturated heterocycles. The zero-order chi connectivity index (χ0) is 16.4. The molecule has 0 spiro atoms. The standard InChI is InChI=1S/C17H19N3O2S/c1-10-3-4-12(7-11(10)2)14-9-23-17(19-14)20-16(22)13-5-6-15(21)18-8-13/h3-4,7,9,13H,5-6,8H2,1-2H3,(H,18,21)(H,19,20,22)/t13-/m0/s1. The molecule has 5 nitrogen and oxygen atoms in total. The Morgan fingerprint density at radius 3 is 2.87 bits per heavy atom. The van der Waals surface area contributed by atoms with E-state index in [1.807, 2.05) is 11.4 Å². The normalized spacial score (nSPS) is 17.7. The maximum atomic E-state index is 12.2. The summed E-state index contributed by atoms with van der Waals surface area (Å²) in [5, 5.41) is 8.13. The Morgan fingerprint density at radius 1 is 1.35 bits per heavy atom. The fraction of sp³-hybridized carbons (Fsp3) is 0.353. The zero-order valence-corrected chi connectivity index (χ0v) is 14.0. The van der Waals surface area contributed by atoms with Gasteiger partial charge in [0.1, 0.15) is 0 Å². The molecular formula is C17H19N3O2S. The van der Waals surface area contributed by atoms with Crippen molar-refractivity contribution in [2.24, 2.45) is 5.92 Å². The first-order valence-corrected chi connectivity index (χ1v) is 8.51. The van der Waals surface area contributed by atoms with Crippen LogP contribution in [0.1, 0.15) is 24.0 Å². The molecule has 1 aliphatic rings. The van der Waals surface area contributed by atoms with Crippen LogP contribution in [0.25, 0.3) is 11.3 Å². The lowest BCUT2D eigenvalue weighted by molar-refractivity contribution is -0.126. The van der Waals surface area contributed by atoms with Gasteiger partial charge in [-0.05, 0) is 37.5 Å². The van der Waals surface area contributed by atoms with Crippen molar-refractivity contribution in [2.45, 2.75) is 26.7 Å². The minimum atomic E-state index is -0.179. The Labute approximate surface area is 139 Å². The molecule has 2 N–H and O–H groups in total. The van der Waals surface area contributed by atoms with E-state index in [0.717, 1.165) is 11.3 Å². The Kier molecular flexibility index (Phi) is 4.43. The number of hydrogen-bond donors (Lipinski definition) is 2. The third-order valence-electron chi connectivity index (χ3n) is 4.17. The van der Waals surface area contributed by atoms with Crippen LogP contribution >= 0.6 is 11.3 Å². The highest BCUT2D eigenvalue weighted by atomic mass is 32.1. The van der Waals surface area contributed by atoms with Crippen LogP contribution in [0.15, 0.2) is 23.6 Å². The third-order valence-corrected chi connectivity index (χ3v) is 4.93. The van der Waals surface area contributed by atoms with Crippen LogP contribution in [0.3, 0.4) is 0 Å². The van der Waals surface area contributed by atoms with E-state index in [1.165, 1.54) is 22.5 Å². The molecule has 3 rings (SSSR count). The van der Waals surface area contributed by atoms with Gasteiger partial charge in [-0.3, -0.25) is 9.59 Å². The Balaban J connectivity index is 1.68. The van der Waals surface area contributed by atoms with E-state index in [0.29, 0.717) is 24.5 Å². The van der Waals surface area contributed by atoms with Gasteiger partial charge in [0.25, 0.3) is 0 Å². The summed E-state index contributed by atoms with van der Waals surface area (Å²) >= 11 is 1.42. The van der Waals surface area contributed by atoms with Gasteiger partial charge in [0.15, 0.2) is 5.13 Å². The highest BCUT2D eigenvalue weighted by molar-refractivity contribution is 7.14. The number of benzene rings is 1. The lowest BCUT2D eigenvalue weighted by atomic mass is 9.98. The van der Waals surface area contributed by atoms with E-state index in [9.17, 15) is 9.59 Å². The lowest BCUT2D eigenvalue weighted by Crippen LogP contribution is -2.40. The van der Waals surface area contributed by atoms with Crippen molar-refractivity contribution >= 4 is 28.3 Å². The summed E-state index contributed by atoms with van der Waals surface area (Å²) in [6, 6.07) is 6.22. The van der Waals surface area contributed by atoms with Crippen LogP contribution in [0.5, 0.6) is 0 Å². The van der Waals surface area contributed by atoms with E-state index in [-0.39, 0.29) is 17.7 Å². The number of nitrogens with one attached hydrogen (secondary N) is 2. The molecule has 2 aromatic rings. The summed E-state index contributed by atoms with van der Waals surface area (Å²) < 4.78 is 0. The van der Waals surface area contributed by atoms with E-state index < -0.39 is 0 Å². The van der Waals surface area contributed by atoms with Crippen LogP contribution in [-0.4, -0.2) is 23.3 Å². The topological polar surface area (TPSA) is 71.1 Å². The van der Waals surface area contributed by atoms with Crippen LogP contribution in [-0.2, 0) is 9.59 Å². The number of hydrogen-bond acceptors (Lipinski definition) is 4. The number of piperidine rings is 1. The summed E-state index contributed by atoms with van der Waals surface area (Å²) in [7, 11) is 0. The summed E-state index contributed by atoms with van der Waals surface area (Å²) in [4.78, 5) is 27.9. The molecule has 0 aliphatic carbocycles. The van der Waals surface area contributed by atoms with Gasteiger partial charge in [0.05, 0.1) is 11.6 Å². The second-order valence-corrected chi connectivity index (χ2v) is 6.72. The molecule has 1 aromatic heterocycles. The molecule has 1 fully saturated rings. The summed E-state index contributed by atoms with van der Waals surface area (Å²) in [5.74, 6) is -0.243. The molecule has 1 aromatic carbocycles. The van der Waals surface area contributed by atoms with Gasteiger partial charge in [-0.25, -0.2) is 4.98 Å². The molecule has 2 amide bonds. The fourth-order valence-electron chi connectivity index (χ4n) is 2.53. The Morgan fingerprint density at radius 2 is 2.17 bits per heavy atom. The number of aryl methyl sites for hydroxylation is 2. The summed E-state index contributed by atoms with van der Waals surface area (Å²) in [6.07, 6.45) is 0.997. The largest absolute Gasteiger partial charge is 0.355 e. The number of carbonyl (C=O) groups is 2. The number of amides is 2. The van der Waals surface area contributed by atoms with E-state index in [4.69, 9.17) is 0 Å². The van der Waals surface area contributed by atoms with Crippen LogP contribution in [0.4, 0.5) is 5.13 Å². The SMILES string of the molecule is Cc1ccc(-c2csc(NC(=O)[C@H]3CCC(=O)NC3)n2)cc1C. The van der Waals surface area contributed by atoms with Gasteiger partial charge in [-0.1, -0.05) is 12.1 Å². The first-order chi connectivity index (χ1) is 11.0. The molecule has 6 heteroatoms. The smallest absolute Gasteiger partial charge is 0.231 e. The molecule has 120 valence electrons. The van der Waals surface area contributed by atoms with E-state index in [1.54, 1.807) is 0 Å². The van der Waals surface area contributed by atoms with E-state index in [2.05, 4.69) is 41.6 Å². The molecule has 2 heterocycles. The molecule has 1 atom stereocenters. The summed E-state index contributed by atoms with van der Waals surface area (Å²) in [6.45, 7) is 4.56. The number of aromatic nitrogens is 1. The number of carbonyl (C=O) groups excluding carboxylic acids is 2. The van der Waals surface area contributed by atoms with Gasteiger partial charge in [-0.15, -0.1) is 11.3 Å². The van der Waals surface area contributed by atoms with Crippen molar-refractivity contribution in [3.8, 4) is 11.3 Å². The van der Waals surface area contributed by atoms with Crippen molar-refractivity contribution in [2.75, 3.05) is 11.9 Å². The van der Waals surface area contributed by atoms with Crippen LogP contribution in [0.2, 0.25) is 0 Å². The predicted octanol–water partition coefficient (Wildman–Crippen LogP) is 2.89. The van der Waals surface area contributed by atoms with Crippen LogP contribution in [0, 0.1) is 19.8 Å². The average Bonchev–Trinajstić information content (AvgIpc) is 2.99. The first-order valence-electron chi connectivity index (χ1n) is 7.63. The molecule has 23 heavy (non-hydrogen) atoms. The van der Waals surface area contributed by atoms with Crippen molar-refractivity contribution in [1.29, 1.82) is 0 Å². The maximum Gasteiger partial charge on any atom is 0.231 e. The Bertz CT molecular complexity index is 744. The highest BCUT2D eigenvalue weighted by Crippen LogP contribution is 2.27. The number of thiazole rings is 1. The Hall–Kier alpha value is -2.21. The first kappa shape index (κ1) is 15.7. The van der Waals surface area contributed by atoms with Gasteiger partial charge in [0.2, 0.25) is 11.8 Å². The average molecular weight is 329 g/mol. The second-order valence-electron chi connectivity index (χ2n) is 5.87. The second kappa shape index (κ2) is 6.50. The number of rotatable bonds is 3. The molecule has 0 radical (unpaired) electrons. The highest BCUT2D eigenvalue weighted by Gasteiger charge is 2.25. The predicted molar refractivity (Wildman–Crippen MR) is 91.4 cm³/mol. The number of nitrogens with zero attached hydrogens (tertiary/aromatic N) is 1.